The molecule has 0 atom stereocenters. The van der Waals surface area contributed by atoms with Gasteiger partial charge in [0.2, 0.25) is 0 Å². The Morgan fingerprint density at radius 3 is 2.59 bits per heavy atom. The van der Waals surface area contributed by atoms with Gasteiger partial charge in [-0.1, -0.05) is 36.4 Å². The fourth-order valence-corrected chi connectivity index (χ4v) is 3.03. The third-order valence-electron chi connectivity index (χ3n) is 3.12. The molecule has 110 valence electrons. The van der Waals surface area contributed by atoms with Gasteiger partial charge in [0, 0.05) is 6.20 Å². The second-order valence-electron chi connectivity index (χ2n) is 4.54. The monoisotopic (exact) mass is 310 g/mol. The molecular weight excluding hydrogens is 296 g/mol. The Labute approximate surface area is 132 Å². The fourth-order valence-electron chi connectivity index (χ4n) is 2.15. The SMILES string of the molecule is CCOC(=O)c1c(-c2ccccn2)nsc1-c1ccccc1. The molecule has 0 radical (unpaired) electrons. The van der Waals surface area contributed by atoms with E-state index >= 15 is 0 Å². The summed E-state index contributed by atoms with van der Waals surface area (Å²) in [5.41, 5.74) is 2.67. The molecule has 2 aromatic heterocycles. The zero-order chi connectivity index (χ0) is 15.4. The smallest absolute Gasteiger partial charge is 0.341 e. The molecule has 0 fully saturated rings. The van der Waals surface area contributed by atoms with E-state index in [1.807, 2.05) is 48.5 Å². The molecule has 5 heteroatoms. The summed E-state index contributed by atoms with van der Waals surface area (Å²) in [5.74, 6) is -0.365. The summed E-state index contributed by atoms with van der Waals surface area (Å²) in [6.07, 6.45) is 1.69. The Balaban J connectivity index is 2.16. The van der Waals surface area contributed by atoms with Gasteiger partial charge in [0.15, 0.2) is 0 Å². The first-order valence-corrected chi connectivity index (χ1v) is 7.72. The van der Waals surface area contributed by atoms with E-state index in [1.54, 1.807) is 13.1 Å². The maximum absolute atomic E-state index is 12.4. The lowest BCUT2D eigenvalue weighted by Crippen LogP contribution is -2.06. The Bertz CT molecular complexity index is 713. The van der Waals surface area contributed by atoms with Crippen LogP contribution in [0.25, 0.3) is 21.8 Å². The number of nitrogens with zero attached hydrogens (tertiary/aromatic N) is 2. The summed E-state index contributed by atoms with van der Waals surface area (Å²) in [7, 11) is 0. The van der Waals surface area contributed by atoms with Gasteiger partial charge in [0.25, 0.3) is 0 Å². The molecule has 0 saturated carbocycles. The van der Waals surface area contributed by atoms with Gasteiger partial charge < -0.3 is 4.74 Å². The summed E-state index contributed by atoms with van der Waals surface area (Å²) >= 11 is 1.29. The highest BCUT2D eigenvalue weighted by Crippen LogP contribution is 2.35. The molecule has 0 spiro atoms. The van der Waals surface area contributed by atoms with Crippen LogP contribution < -0.4 is 0 Å². The molecule has 1 aromatic carbocycles. The van der Waals surface area contributed by atoms with E-state index in [2.05, 4.69) is 9.36 Å². The summed E-state index contributed by atoms with van der Waals surface area (Å²) in [6, 6.07) is 15.3. The minimum Gasteiger partial charge on any atom is -0.462 e. The molecule has 3 aromatic rings. The second kappa shape index (κ2) is 6.49. The van der Waals surface area contributed by atoms with Crippen LogP contribution in [0.2, 0.25) is 0 Å². The molecule has 0 aliphatic heterocycles. The van der Waals surface area contributed by atoms with Crippen molar-refractivity contribution in [3.63, 3.8) is 0 Å². The minimum atomic E-state index is -0.365. The molecule has 3 rings (SSSR count). The van der Waals surface area contributed by atoms with Gasteiger partial charge in [-0.3, -0.25) is 4.98 Å². The van der Waals surface area contributed by atoms with E-state index in [0.717, 1.165) is 10.4 Å². The number of benzene rings is 1. The van der Waals surface area contributed by atoms with E-state index < -0.39 is 0 Å². The molecule has 0 N–H and O–H groups in total. The predicted molar refractivity (Wildman–Crippen MR) is 86.7 cm³/mol. The molecule has 22 heavy (non-hydrogen) atoms. The van der Waals surface area contributed by atoms with Gasteiger partial charge in [-0.05, 0) is 36.2 Å². The van der Waals surface area contributed by atoms with Crippen LogP contribution in [0.5, 0.6) is 0 Å². The van der Waals surface area contributed by atoms with E-state index in [4.69, 9.17) is 4.74 Å². The predicted octanol–water partition coefficient (Wildman–Crippen LogP) is 4.05. The number of carbonyl (C=O) groups is 1. The van der Waals surface area contributed by atoms with Gasteiger partial charge >= 0.3 is 5.97 Å². The van der Waals surface area contributed by atoms with Crippen LogP contribution >= 0.6 is 11.5 Å². The number of esters is 1. The van der Waals surface area contributed by atoms with E-state index in [9.17, 15) is 4.79 Å². The first-order valence-electron chi connectivity index (χ1n) is 6.95. The maximum atomic E-state index is 12.4. The van der Waals surface area contributed by atoms with Crippen molar-refractivity contribution in [1.29, 1.82) is 0 Å². The first-order chi connectivity index (χ1) is 10.8. The van der Waals surface area contributed by atoms with Crippen molar-refractivity contribution in [1.82, 2.24) is 9.36 Å². The Morgan fingerprint density at radius 1 is 1.14 bits per heavy atom. The van der Waals surface area contributed by atoms with E-state index in [1.165, 1.54) is 11.5 Å². The zero-order valence-corrected chi connectivity index (χ0v) is 12.8. The van der Waals surface area contributed by atoms with Crippen LogP contribution in [-0.4, -0.2) is 21.9 Å². The standard InChI is InChI=1S/C17H14N2O2S/c1-2-21-17(20)14-15(13-10-6-7-11-18-13)19-22-16(14)12-8-4-3-5-9-12/h3-11H,2H2,1H3. The molecule has 0 saturated heterocycles. The van der Waals surface area contributed by atoms with Crippen molar-refractivity contribution in [3.05, 3.63) is 60.3 Å². The Morgan fingerprint density at radius 2 is 1.91 bits per heavy atom. The van der Waals surface area contributed by atoms with E-state index in [-0.39, 0.29) is 5.97 Å². The molecule has 0 aliphatic carbocycles. The topological polar surface area (TPSA) is 52.1 Å². The second-order valence-corrected chi connectivity index (χ2v) is 5.31. The average Bonchev–Trinajstić information content (AvgIpc) is 3.02. The molecule has 0 amide bonds. The van der Waals surface area contributed by atoms with Crippen molar-refractivity contribution in [3.8, 4) is 21.8 Å². The maximum Gasteiger partial charge on any atom is 0.341 e. The number of pyridine rings is 1. The molecule has 0 aliphatic rings. The van der Waals surface area contributed by atoms with Gasteiger partial charge in [-0.15, -0.1) is 0 Å². The minimum absolute atomic E-state index is 0.324. The van der Waals surface area contributed by atoms with E-state index in [0.29, 0.717) is 23.6 Å². The highest BCUT2D eigenvalue weighted by Gasteiger charge is 2.24. The average molecular weight is 310 g/mol. The van der Waals surface area contributed by atoms with Crippen molar-refractivity contribution < 1.29 is 9.53 Å². The van der Waals surface area contributed by atoms with Crippen LogP contribution in [0.15, 0.2) is 54.7 Å². The summed E-state index contributed by atoms with van der Waals surface area (Å²) in [4.78, 5) is 17.5. The number of hydrogen-bond donors (Lipinski definition) is 0. The van der Waals surface area contributed by atoms with Crippen LogP contribution in [0.3, 0.4) is 0 Å². The van der Waals surface area contributed by atoms with Gasteiger partial charge in [-0.25, -0.2) is 4.79 Å². The van der Waals surface area contributed by atoms with Crippen LogP contribution in [-0.2, 0) is 4.74 Å². The van der Waals surface area contributed by atoms with Crippen LogP contribution in [0, 0.1) is 0 Å². The lowest BCUT2D eigenvalue weighted by Gasteiger charge is -2.05. The number of ether oxygens (including phenoxy) is 1. The summed E-state index contributed by atoms with van der Waals surface area (Å²) in [6.45, 7) is 2.12. The lowest BCUT2D eigenvalue weighted by atomic mass is 10.1. The fraction of sp³-hybridized carbons (Fsp3) is 0.118. The van der Waals surface area contributed by atoms with Crippen molar-refractivity contribution in [2.75, 3.05) is 6.61 Å². The summed E-state index contributed by atoms with van der Waals surface area (Å²) in [5, 5.41) is 0. The molecule has 0 bridgehead atoms. The highest BCUT2D eigenvalue weighted by atomic mass is 32.1. The molecular formula is C17H14N2O2S. The van der Waals surface area contributed by atoms with Gasteiger partial charge in [-0.2, -0.15) is 4.37 Å². The quantitative estimate of drug-likeness (QED) is 0.682. The zero-order valence-electron chi connectivity index (χ0n) is 12.0. The van der Waals surface area contributed by atoms with Crippen LogP contribution in [0.1, 0.15) is 17.3 Å². The normalized spacial score (nSPS) is 10.4. The Kier molecular flexibility index (Phi) is 4.25. The number of hydrogen-bond acceptors (Lipinski definition) is 5. The third kappa shape index (κ3) is 2.76. The van der Waals surface area contributed by atoms with Crippen LogP contribution in [0.4, 0.5) is 0 Å². The summed E-state index contributed by atoms with van der Waals surface area (Å²) < 4.78 is 9.65. The molecule has 4 nitrogen and oxygen atoms in total. The van der Waals surface area contributed by atoms with Crippen molar-refractivity contribution in [2.45, 2.75) is 6.92 Å². The third-order valence-corrected chi connectivity index (χ3v) is 4.01. The highest BCUT2D eigenvalue weighted by molar-refractivity contribution is 7.10. The number of rotatable bonds is 4. The first kappa shape index (κ1) is 14.4. The largest absolute Gasteiger partial charge is 0.462 e. The lowest BCUT2D eigenvalue weighted by molar-refractivity contribution is 0.0528. The van der Waals surface area contributed by atoms with Gasteiger partial charge in [0.05, 0.1) is 17.2 Å². The number of aromatic nitrogens is 2. The van der Waals surface area contributed by atoms with Crippen molar-refractivity contribution >= 4 is 17.5 Å². The molecule has 0 unspecified atom stereocenters. The molecule has 2 heterocycles. The Hall–Kier alpha value is -2.53. The number of carbonyl (C=O) groups excluding carboxylic acids is 1. The van der Waals surface area contributed by atoms with Crippen molar-refractivity contribution in [2.24, 2.45) is 0 Å². The van der Waals surface area contributed by atoms with Gasteiger partial charge in [0.1, 0.15) is 11.3 Å².